The fraction of sp³-hybridized carbons (Fsp3) is 0.417. The van der Waals surface area contributed by atoms with Crippen molar-refractivity contribution in [3.8, 4) is 0 Å². The Hall–Kier alpha value is -1.35. The van der Waals surface area contributed by atoms with E-state index < -0.39 is 0 Å². The number of nitrogens with zero attached hydrogens (tertiary/aromatic N) is 1. The quantitative estimate of drug-likeness (QED) is 0.759. The van der Waals surface area contributed by atoms with Crippen molar-refractivity contribution in [3.63, 3.8) is 0 Å². The Labute approximate surface area is 89.3 Å². The van der Waals surface area contributed by atoms with Crippen LogP contribution >= 0.6 is 0 Å². The van der Waals surface area contributed by atoms with E-state index in [4.69, 9.17) is 0 Å². The van der Waals surface area contributed by atoms with Gasteiger partial charge in [-0.05, 0) is 25.0 Å². The fourth-order valence-electron chi connectivity index (χ4n) is 2.19. The van der Waals surface area contributed by atoms with Crippen LogP contribution in [0.4, 0.5) is 5.69 Å². The number of aldehydes is 1. The molecular weight excluding hydrogens is 190 g/mol. The highest BCUT2D eigenvalue weighted by atomic mass is 16.3. The van der Waals surface area contributed by atoms with Crippen molar-refractivity contribution in [3.05, 3.63) is 29.8 Å². The number of aliphatic hydroxyl groups excluding tert-OH is 1. The van der Waals surface area contributed by atoms with E-state index in [-0.39, 0.29) is 12.6 Å². The van der Waals surface area contributed by atoms with Gasteiger partial charge in [0.15, 0.2) is 6.29 Å². The molecule has 3 heteroatoms. The summed E-state index contributed by atoms with van der Waals surface area (Å²) in [6, 6.07) is 7.71. The molecule has 0 radical (unpaired) electrons. The maximum absolute atomic E-state index is 10.9. The van der Waals surface area contributed by atoms with E-state index in [1.807, 2.05) is 24.3 Å². The molecule has 1 fully saturated rings. The lowest BCUT2D eigenvalue weighted by Gasteiger charge is -2.26. The number of benzene rings is 1. The Morgan fingerprint density at radius 3 is 3.00 bits per heavy atom. The van der Waals surface area contributed by atoms with Gasteiger partial charge in [-0.1, -0.05) is 12.1 Å². The normalized spacial score (nSPS) is 20.6. The molecule has 3 nitrogen and oxygen atoms in total. The summed E-state index contributed by atoms with van der Waals surface area (Å²) < 4.78 is 0. The van der Waals surface area contributed by atoms with Crippen molar-refractivity contribution in [1.29, 1.82) is 0 Å². The molecule has 1 saturated heterocycles. The number of carbonyl (C=O) groups excluding carboxylic acids is 1. The molecule has 0 aromatic heterocycles. The van der Waals surface area contributed by atoms with Crippen LogP contribution in [0.2, 0.25) is 0 Å². The first-order valence-electron chi connectivity index (χ1n) is 5.28. The number of carbonyl (C=O) groups is 1. The average Bonchev–Trinajstić information content (AvgIpc) is 2.76. The number of hydrogen-bond donors (Lipinski definition) is 1. The standard InChI is InChI=1S/C12H15NO2/c14-8-10-4-1-2-6-12(10)13-7-3-5-11(13)9-15/h1-2,4,6,8,11,15H,3,5,7,9H2/t11-/m0/s1. The maximum atomic E-state index is 10.9. The van der Waals surface area contributed by atoms with Gasteiger partial charge < -0.3 is 10.0 Å². The van der Waals surface area contributed by atoms with E-state index >= 15 is 0 Å². The van der Waals surface area contributed by atoms with Crippen LogP contribution in [-0.2, 0) is 0 Å². The van der Waals surface area contributed by atoms with E-state index in [0.717, 1.165) is 31.4 Å². The van der Waals surface area contributed by atoms with Crippen LogP contribution in [0.15, 0.2) is 24.3 Å². The molecule has 0 aliphatic carbocycles. The summed E-state index contributed by atoms with van der Waals surface area (Å²) in [5.41, 5.74) is 1.65. The van der Waals surface area contributed by atoms with Gasteiger partial charge >= 0.3 is 0 Å². The van der Waals surface area contributed by atoms with Gasteiger partial charge in [0.2, 0.25) is 0 Å². The number of rotatable bonds is 3. The third kappa shape index (κ3) is 1.88. The molecule has 1 aromatic rings. The van der Waals surface area contributed by atoms with Crippen molar-refractivity contribution >= 4 is 12.0 Å². The molecule has 0 spiro atoms. The van der Waals surface area contributed by atoms with Gasteiger partial charge in [0.05, 0.1) is 12.6 Å². The first kappa shape index (κ1) is 10.2. The molecule has 2 rings (SSSR count). The van der Waals surface area contributed by atoms with E-state index in [1.165, 1.54) is 0 Å². The zero-order valence-corrected chi connectivity index (χ0v) is 8.60. The van der Waals surface area contributed by atoms with E-state index in [1.54, 1.807) is 0 Å². The fourth-order valence-corrected chi connectivity index (χ4v) is 2.19. The molecule has 1 aromatic carbocycles. The van der Waals surface area contributed by atoms with Gasteiger partial charge in [-0.3, -0.25) is 4.79 Å². The third-order valence-corrected chi connectivity index (χ3v) is 2.96. The Kier molecular flexibility index (Phi) is 3.02. The predicted molar refractivity (Wildman–Crippen MR) is 59.3 cm³/mol. The van der Waals surface area contributed by atoms with Crippen molar-refractivity contribution < 1.29 is 9.90 Å². The summed E-state index contributed by atoms with van der Waals surface area (Å²) in [7, 11) is 0. The molecule has 15 heavy (non-hydrogen) atoms. The molecule has 80 valence electrons. The summed E-state index contributed by atoms with van der Waals surface area (Å²) in [4.78, 5) is 13.0. The summed E-state index contributed by atoms with van der Waals surface area (Å²) in [6.07, 6.45) is 2.96. The molecule has 0 amide bonds. The number of hydrogen-bond acceptors (Lipinski definition) is 3. The van der Waals surface area contributed by atoms with Gasteiger partial charge in [0, 0.05) is 17.8 Å². The largest absolute Gasteiger partial charge is 0.394 e. The zero-order valence-electron chi connectivity index (χ0n) is 8.60. The minimum atomic E-state index is 0.160. The lowest BCUT2D eigenvalue weighted by Crippen LogP contribution is -2.32. The lowest BCUT2D eigenvalue weighted by atomic mass is 10.1. The Bertz CT molecular complexity index is 351. The topological polar surface area (TPSA) is 40.5 Å². The highest BCUT2D eigenvalue weighted by molar-refractivity contribution is 5.84. The molecule has 0 unspecified atom stereocenters. The first-order valence-corrected chi connectivity index (χ1v) is 5.28. The van der Waals surface area contributed by atoms with Gasteiger partial charge in [-0.25, -0.2) is 0 Å². The second kappa shape index (κ2) is 4.45. The van der Waals surface area contributed by atoms with Gasteiger partial charge in [0.25, 0.3) is 0 Å². The highest BCUT2D eigenvalue weighted by Gasteiger charge is 2.25. The third-order valence-electron chi connectivity index (χ3n) is 2.96. The predicted octanol–water partition coefficient (Wildman–Crippen LogP) is 1.46. The van der Waals surface area contributed by atoms with Crippen molar-refractivity contribution in [2.24, 2.45) is 0 Å². The smallest absolute Gasteiger partial charge is 0.152 e. The minimum Gasteiger partial charge on any atom is -0.394 e. The van der Waals surface area contributed by atoms with Crippen LogP contribution in [0.1, 0.15) is 23.2 Å². The SMILES string of the molecule is O=Cc1ccccc1N1CCC[C@H]1CO. The van der Waals surface area contributed by atoms with E-state index in [9.17, 15) is 9.90 Å². The van der Waals surface area contributed by atoms with E-state index in [0.29, 0.717) is 5.56 Å². The number of anilines is 1. The Balaban J connectivity index is 2.31. The van der Waals surface area contributed by atoms with Gasteiger partial charge in [-0.15, -0.1) is 0 Å². The first-order chi connectivity index (χ1) is 7.36. The molecular formula is C12H15NO2. The summed E-state index contributed by atoms with van der Waals surface area (Å²) >= 11 is 0. The van der Waals surface area contributed by atoms with Crippen molar-refractivity contribution in [2.75, 3.05) is 18.1 Å². The highest BCUT2D eigenvalue weighted by Crippen LogP contribution is 2.27. The number of para-hydroxylation sites is 1. The van der Waals surface area contributed by atoms with Crippen LogP contribution in [0.3, 0.4) is 0 Å². The van der Waals surface area contributed by atoms with Crippen LogP contribution in [0.5, 0.6) is 0 Å². The van der Waals surface area contributed by atoms with Gasteiger partial charge in [0.1, 0.15) is 0 Å². The monoisotopic (exact) mass is 205 g/mol. The van der Waals surface area contributed by atoms with Crippen LogP contribution < -0.4 is 4.90 Å². The zero-order chi connectivity index (χ0) is 10.7. The molecule has 1 atom stereocenters. The van der Waals surface area contributed by atoms with Crippen LogP contribution in [0.25, 0.3) is 0 Å². The molecule has 0 saturated carbocycles. The summed E-state index contributed by atoms with van der Waals surface area (Å²) in [6.45, 7) is 1.09. The maximum Gasteiger partial charge on any atom is 0.152 e. The summed E-state index contributed by atoms with van der Waals surface area (Å²) in [5, 5.41) is 9.23. The van der Waals surface area contributed by atoms with E-state index in [2.05, 4.69) is 4.90 Å². The minimum absolute atomic E-state index is 0.160. The second-order valence-electron chi connectivity index (χ2n) is 3.85. The summed E-state index contributed by atoms with van der Waals surface area (Å²) in [5.74, 6) is 0. The Morgan fingerprint density at radius 2 is 2.27 bits per heavy atom. The molecule has 0 bridgehead atoms. The lowest BCUT2D eigenvalue weighted by molar-refractivity contribution is 0.112. The van der Waals surface area contributed by atoms with Crippen LogP contribution in [-0.4, -0.2) is 30.6 Å². The van der Waals surface area contributed by atoms with Crippen LogP contribution in [0, 0.1) is 0 Å². The molecule has 1 aliphatic heterocycles. The molecule has 1 N–H and O–H groups in total. The van der Waals surface area contributed by atoms with Crippen molar-refractivity contribution in [2.45, 2.75) is 18.9 Å². The average molecular weight is 205 g/mol. The molecule has 1 aliphatic rings. The number of aliphatic hydroxyl groups is 1. The second-order valence-corrected chi connectivity index (χ2v) is 3.85. The molecule has 1 heterocycles. The Morgan fingerprint density at radius 1 is 1.47 bits per heavy atom. The van der Waals surface area contributed by atoms with Crippen molar-refractivity contribution in [1.82, 2.24) is 0 Å². The van der Waals surface area contributed by atoms with Gasteiger partial charge in [-0.2, -0.15) is 0 Å².